The van der Waals surface area contributed by atoms with Crippen LogP contribution in [0, 0.1) is 38.0 Å². The molecule has 11 aromatic rings. The van der Waals surface area contributed by atoms with Crippen LogP contribution in [0.15, 0.2) is 200 Å². The average Bonchev–Trinajstić information content (AvgIpc) is 3.89. The first-order chi connectivity index (χ1) is 35.4. The van der Waals surface area contributed by atoms with E-state index in [9.17, 15) is 5.26 Å². The number of rotatable bonds is 7. The van der Waals surface area contributed by atoms with E-state index in [2.05, 4.69) is 120 Å². The molecule has 2 aromatic heterocycles. The molecule has 354 valence electrons. The molecule has 12 rings (SSSR count). The van der Waals surface area contributed by atoms with Crippen molar-refractivity contribution < 1.29 is 13.2 Å². The number of halogens is 3. The summed E-state index contributed by atoms with van der Waals surface area (Å²) in [5, 5.41) is 13.5. The Morgan fingerprint density at radius 2 is 0.890 bits per heavy atom. The molecule has 0 radical (unpaired) electrons. The Balaban J connectivity index is 1.22. The maximum absolute atomic E-state index is 17.0. The number of benzene rings is 9. The molecule has 0 amide bonds. The molecule has 73 heavy (non-hydrogen) atoms. The summed E-state index contributed by atoms with van der Waals surface area (Å²) in [4.78, 5) is 0. The van der Waals surface area contributed by atoms with Crippen LogP contribution in [-0.2, 0) is 6.18 Å². The van der Waals surface area contributed by atoms with E-state index in [0.29, 0.717) is 38.8 Å². The molecule has 0 aliphatic heterocycles. The van der Waals surface area contributed by atoms with Crippen LogP contribution < -0.4 is 0 Å². The molecule has 1 aliphatic rings. The van der Waals surface area contributed by atoms with Gasteiger partial charge in [-0.2, -0.15) is 18.4 Å². The molecule has 0 N–H and O–H groups in total. The molecule has 6 heteroatoms. The van der Waals surface area contributed by atoms with Gasteiger partial charge in [0.2, 0.25) is 0 Å². The summed E-state index contributed by atoms with van der Waals surface area (Å²) in [5.74, 6) is 0.269. The quantitative estimate of drug-likeness (QED) is 0.157. The van der Waals surface area contributed by atoms with Gasteiger partial charge in [-0.1, -0.05) is 128 Å². The molecule has 1 unspecified atom stereocenters. The van der Waals surface area contributed by atoms with Crippen LogP contribution >= 0.6 is 0 Å². The van der Waals surface area contributed by atoms with Gasteiger partial charge in [0, 0.05) is 21.5 Å². The molecule has 0 fully saturated rings. The molecule has 1 aliphatic carbocycles. The van der Waals surface area contributed by atoms with Crippen LogP contribution in [0.1, 0.15) is 53.6 Å². The van der Waals surface area contributed by atoms with Gasteiger partial charge < -0.3 is 9.13 Å². The Labute approximate surface area is 423 Å². The molecule has 9 aromatic carbocycles. The fourth-order valence-electron chi connectivity index (χ4n) is 11.7. The van der Waals surface area contributed by atoms with E-state index in [4.69, 9.17) is 0 Å². The summed E-state index contributed by atoms with van der Waals surface area (Å²) in [5.41, 5.74) is 16.3. The molecule has 0 saturated heterocycles. The lowest BCUT2D eigenvalue weighted by Crippen LogP contribution is -2.16. The van der Waals surface area contributed by atoms with E-state index >= 15 is 13.2 Å². The number of aryl methyl sites for hydroxylation is 3. The van der Waals surface area contributed by atoms with Gasteiger partial charge in [0.1, 0.15) is 5.56 Å². The van der Waals surface area contributed by atoms with Crippen molar-refractivity contribution in [2.45, 2.75) is 47.2 Å². The van der Waals surface area contributed by atoms with Crippen molar-refractivity contribution in [2.75, 3.05) is 0 Å². The Morgan fingerprint density at radius 1 is 0.466 bits per heavy atom. The van der Waals surface area contributed by atoms with Gasteiger partial charge in [-0.25, -0.2) is 0 Å². The van der Waals surface area contributed by atoms with Crippen molar-refractivity contribution >= 4 is 49.2 Å². The Bertz CT molecular complexity index is 4080. The number of aromatic nitrogens is 2. The maximum Gasteiger partial charge on any atom is 0.420 e. The lowest BCUT2D eigenvalue weighted by Gasteiger charge is -2.23. The highest BCUT2D eigenvalue weighted by Gasteiger charge is 2.40. The monoisotopic (exact) mass is 953 g/mol. The van der Waals surface area contributed by atoms with Crippen LogP contribution in [0.3, 0.4) is 0 Å². The van der Waals surface area contributed by atoms with Gasteiger partial charge in [-0.05, 0) is 191 Å². The number of hydrogen-bond donors (Lipinski definition) is 0. The highest BCUT2D eigenvalue weighted by Crippen LogP contribution is 2.48. The van der Waals surface area contributed by atoms with Gasteiger partial charge in [0.15, 0.2) is 0 Å². The Kier molecular flexibility index (Phi) is 10.9. The molecule has 3 nitrogen and oxygen atoms in total. The smallest absolute Gasteiger partial charge is 0.309 e. The Morgan fingerprint density at radius 3 is 1.30 bits per heavy atom. The molecular formula is C67H50F3N3. The first-order valence-electron chi connectivity index (χ1n) is 24.8. The fraction of sp³-hybridized carbons (Fsp3) is 0.119. The summed E-state index contributed by atoms with van der Waals surface area (Å²) in [6.45, 7) is 10.6. The number of allylic oxidation sites excluding steroid dienone is 4. The lowest BCUT2D eigenvalue weighted by molar-refractivity contribution is -0.137. The van der Waals surface area contributed by atoms with Crippen LogP contribution in [-0.4, -0.2) is 9.13 Å². The summed E-state index contributed by atoms with van der Waals surface area (Å²) in [6, 6.07) is 62.0. The third kappa shape index (κ3) is 7.66. The van der Waals surface area contributed by atoms with Gasteiger partial charge >= 0.3 is 6.18 Å². The SMILES string of the molecule is CC1=C(c2ccc3c(c2)c2cc(-c4ccccc4C)ccc2n3-c2cc(-c3cccc(C#N)c3)cc(-n3c4ccc(-c5ccccc5C)cc4c4cc(-c5ccccc5C)ccc43)c2C(F)(F)F)C(C)CC=C1. The zero-order valence-corrected chi connectivity index (χ0v) is 41.2. The molecule has 1 atom stereocenters. The van der Waals surface area contributed by atoms with Gasteiger partial charge in [-0.3, -0.25) is 0 Å². The van der Waals surface area contributed by atoms with Crippen molar-refractivity contribution in [2.24, 2.45) is 5.92 Å². The summed E-state index contributed by atoms with van der Waals surface area (Å²) >= 11 is 0. The Hall–Kier alpha value is -8.66. The number of nitriles is 1. The van der Waals surface area contributed by atoms with E-state index in [0.717, 1.165) is 83.6 Å². The van der Waals surface area contributed by atoms with Crippen molar-refractivity contribution in [3.8, 4) is 62.0 Å². The first-order valence-corrected chi connectivity index (χ1v) is 24.8. The largest absolute Gasteiger partial charge is 0.420 e. The third-order valence-electron chi connectivity index (χ3n) is 15.2. The highest BCUT2D eigenvalue weighted by atomic mass is 19.4. The van der Waals surface area contributed by atoms with E-state index in [1.165, 1.54) is 11.1 Å². The van der Waals surface area contributed by atoms with Gasteiger partial charge in [0.05, 0.1) is 45.1 Å². The number of nitrogens with zero attached hydrogens (tertiary/aromatic N) is 3. The maximum atomic E-state index is 17.0. The zero-order chi connectivity index (χ0) is 50.3. The average molecular weight is 954 g/mol. The minimum absolute atomic E-state index is 0.00817. The first kappa shape index (κ1) is 45.5. The van der Waals surface area contributed by atoms with E-state index in [1.54, 1.807) is 30.3 Å². The summed E-state index contributed by atoms with van der Waals surface area (Å²) < 4.78 is 54.8. The predicted molar refractivity (Wildman–Crippen MR) is 296 cm³/mol. The van der Waals surface area contributed by atoms with E-state index < -0.39 is 11.7 Å². The number of alkyl halides is 3. The van der Waals surface area contributed by atoms with Crippen LogP contribution in [0.5, 0.6) is 0 Å². The second kappa shape index (κ2) is 17.6. The van der Waals surface area contributed by atoms with Crippen molar-refractivity contribution in [3.63, 3.8) is 0 Å². The van der Waals surface area contributed by atoms with Crippen molar-refractivity contribution in [1.82, 2.24) is 9.13 Å². The summed E-state index contributed by atoms with van der Waals surface area (Å²) in [7, 11) is 0. The highest BCUT2D eigenvalue weighted by molar-refractivity contribution is 6.14. The van der Waals surface area contributed by atoms with Crippen molar-refractivity contribution in [1.29, 1.82) is 5.26 Å². The normalized spacial score (nSPS) is 14.0. The zero-order valence-electron chi connectivity index (χ0n) is 41.2. The second-order valence-corrected chi connectivity index (χ2v) is 19.8. The molecule has 2 heterocycles. The second-order valence-electron chi connectivity index (χ2n) is 19.8. The standard InChI is InChI=1S/C67H50F3N3/c1-40-14-6-9-21-52(40)47-24-28-59-55(33-47)56-34-48(53-22-10-7-15-41(53)2)25-29-60(56)72(59)63-37-51(46-20-13-19-45(32-46)39-71)38-64(66(63)67(68,69)70)73-61-30-26-49(54-23-11-8-16-42(54)3)35-57(61)58-36-50(27-31-62(58)73)65-43(4)17-12-18-44(65)5/h6-17,19-38,44H,18H2,1-5H3. The van der Waals surface area contributed by atoms with E-state index in [1.807, 2.05) is 94.1 Å². The molecule has 0 saturated carbocycles. The van der Waals surface area contributed by atoms with E-state index in [-0.39, 0.29) is 17.3 Å². The lowest BCUT2D eigenvalue weighted by atomic mass is 9.84. The molecule has 0 bridgehead atoms. The minimum atomic E-state index is -4.85. The third-order valence-corrected chi connectivity index (χ3v) is 15.2. The van der Waals surface area contributed by atoms with Gasteiger partial charge in [-0.15, -0.1) is 0 Å². The van der Waals surface area contributed by atoms with Crippen LogP contribution in [0.2, 0.25) is 0 Å². The van der Waals surface area contributed by atoms with Crippen LogP contribution in [0.25, 0.3) is 105 Å². The minimum Gasteiger partial charge on any atom is -0.309 e. The molecule has 0 spiro atoms. The topological polar surface area (TPSA) is 33.6 Å². The van der Waals surface area contributed by atoms with Crippen LogP contribution in [0.4, 0.5) is 13.2 Å². The number of hydrogen-bond acceptors (Lipinski definition) is 1. The fourth-order valence-corrected chi connectivity index (χ4v) is 11.7. The summed E-state index contributed by atoms with van der Waals surface area (Å²) in [6.07, 6.45) is 0.440. The van der Waals surface area contributed by atoms with Crippen molar-refractivity contribution in [3.05, 3.63) is 233 Å². The number of fused-ring (bicyclic) bond motifs is 6. The molecular weight excluding hydrogens is 904 g/mol. The van der Waals surface area contributed by atoms with Gasteiger partial charge in [0.25, 0.3) is 0 Å². The predicted octanol–water partition coefficient (Wildman–Crippen LogP) is 18.7.